The third kappa shape index (κ3) is 4.32. The van der Waals surface area contributed by atoms with E-state index in [4.69, 9.17) is 4.74 Å². The van der Waals surface area contributed by atoms with Gasteiger partial charge in [-0.2, -0.15) is 0 Å². The number of hydrogen-bond acceptors (Lipinski definition) is 3. The number of likely N-dealkylation sites (tertiary alicyclic amines) is 1. The van der Waals surface area contributed by atoms with Crippen LogP contribution in [0.15, 0.2) is 42.5 Å². The molecule has 1 aliphatic heterocycles. The second-order valence-corrected chi connectivity index (χ2v) is 6.06. The van der Waals surface area contributed by atoms with Crippen LogP contribution in [0.5, 0.6) is 11.5 Å². The van der Waals surface area contributed by atoms with Gasteiger partial charge in [0, 0.05) is 19.2 Å². The highest BCUT2D eigenvalue weighted by molar-refractivity contribution is 5.88. The van der Waals surface area contributed by atoms with Gasteiger partial charge < -0.3 is 10.1 Å². The third-order valence-corrected chi connectivity index (χ3v) is 4.00. The first kappa shape index (κ1) is 16.5. The molecule has 0 spiro atoms. The van der Waals surface area contributed by atoms with Gasteiger partial charge in [0.25, 0.3) is 0 Å². The second kappa shape index (κ2) is 7.45. The maximum Gasteiger partial charge on any atom is 0.221 e. The first-order chi connectivity index (χ1) is 11.6. The SMILES string of the molecule is CC(=O)Nc1ccc(Oc2ccc(CN3CCCC3)cc2F)cc1. The summed E-state index contributed by atoms with van der Waals surface area (Å²) in [6.07, 6.45) is 2.44. The highest BCUT2D eigenvalue weighted by Gasteiger charge is 2.13. The number of rotatable bonds is 5. The zero-order valence-corrected chi connectivity index (χ0v) is 13.7. The second-order valence-electron chi connectivity index (χ2n) is 6.06. The van der Waals surface area contributed by atoms with Crippen molar-refractivity contribution in [2.45, 2.75) is 26.3 Å². The summed E-state index contributed by atoms with van der Waals surface area (Å²) in [7, 11) is 0. The van der Waals surface area contributed by atoms with Gasteiger partial charge in [0.2, 0.25) is 5.91 Å². The van der Waals surface area contributed by atoms with Crippen molar-refractivity contribution >= 4 is 11.6 Å². The van der Waals surface area contributed by atoms with Crippen molar-refractivity contribution in [2.24, 2.45) is 0 Å². The molecule has 2 aromatic carbocycles. The van der Waals surface area contributed by atoms with Crippen LogP contribution < -0.4 is 10.1 Å². The molecule has 0 atom stereocenters. The maximum absolute atomic E-state index is 14.3. The molecule has 1 heterocycles. The van der Waals surface area contributed by atoms with E-state index in [-0.39, 0.29) is 17.5 Å². The van der Waals surface area contributed by atoms with Gasteiger partial charge in [0.1, 0.15) is 5.75 Å². The molecule has 1 amide bonds. The zero-order chi connectivity index (χ0) is 16.9. The minimum absolute atomic E-state index is 0.136. The summed E-state index contributed by atoms with van der Waals surface area (Å²) in [5, 5.41) is 2.68. The topological polar surface area (TPSA) is 41.6 Å². The van der Waals surface area contributed by atoms with Gasteiger partial charge in [-0.3, -0.25) is 9.69 Å². The molecule has 1 aliphatic rings. The Morgan fingerprint density at radius 1 is 1.17 bits per heavy atom. The van der Waals surface area contributed by atoms with Crippen LogP contribution in [0.3, 0.4) is 0 Å². The van der Waals surface area contributed by atoms with Crippen molar-refractivity contribution in [3.63, 3.8) is 0 Å². The summed E-state index contributed by atoms with van der Waals surface area (Å²) in [5.74, 6) is 0.226. The number of carbonyl (C=O) groups excluding carboxylic acids is 1. The van der Waals surface area contributed by atoms with Gasteiger partial charge in [-0.15, -0.1) is 0 Å². The van der Waals surface area contributed by atoms with Crippen LogP contribution in [0.4, 0.5) is 10.1 Å². The lowest BCUT2D eigenvalue weighted by atomic mass is 10.2. The minimum atomic E-state index is -0.363. The summed E-state index contributed by atoms with van der Waals surface area (Å²) >= 11 is 0. The van der Waals surface area contributed by atoms with Gasteiger partial charge in [-0.25, -0.2) is 4.39 Å². The number of halogens is 1. The molecule has 0 unspecified atom stereocenters. The summed E-state index contributed by atoms with van der Waals surface area (Å²) in [5.41, 5.74) is 1.64. The average Bonchev–Trinajstić information content (AvgIpc) is 3.04. The van der Waals surface area contributed by atoms with E-state index in [1.54, 1.807) is 36.4 Å². The lowest BCUT2D eigenvalue weighted by Gasteiger charge is -2.15. The Hall–Kier alpha value is -2.40. The lowest BCUT2D eigenvalue weighted by molar-refractivity contribution is -0.114. The Bertz CT molecular complexity index is 710. The molecule has 0 aromatic heterocycles. The predicted molar refractivity (Wildman–Crippen MR) is 91.7 cm³/mol. The summed E-state index contributed by atoms with van der Waals surface area (Å²) in [4.78, 5) is 13.3. The molecule has 3 rings (SSSR count). The van der Waals surface area contributed by atoms with Crippen molar-refractivity contribution in [2.75, 3.05) is 18.4 Å². The van der Waals surface area contributed by atoms with Crippen LogP contribution >= 0.6 is 0 Å². The van der Waals surface area contributed by atoms with Crippen molar-refractivity contribution in [3.8, 4) is 11.5 Å². The monoisotopic (exact) mass is 328 g/mol. The van der Waals surface area contributed by atoms with Crippen molar-refractivity contribution in [1.82, 2.24) is 4.90 Å². The largest absolute Gasteiger partial charge is 0.454 e. The van der Waals surface area contributed by atoms with Gasteiger partial charge in [-0.05, 0) is 67.9 Å². The molecule has 1 fully saturated rings. The molecule has 0 radical (unpaired) electrons. The molecule has 0 bridgehead atoms. The maximum atomic E-state index is 14.3. The van der Waals surface area contributed by atoms with Crippen LogP contribution in [-0.2, 0) is 11.3 Å². The van der Waals surface area contributed by atoms with Crippen LogP contribution in [0.25, 0.3) is 0 Å². The first-order valence-electron chi connectivity index (χ1n) is 8.16. The highest BCUT2D eigenvalue weighted by atomic mass is 19.1. The first-order valence-corrected chi connectivity index (χ1v) is 8.16. The van der Waals surface area contributed by atoms with Crippen molar-refractivity contribution in [1.29, 1.82) is 0 Å². The number of carbonyl (C=O) groups is 1. The molecule has 0 aliphatic carbocycles. The van der Waals surface area contributed by atoms with Crippen LogP contribution in [-0.4, -0.2) is 23.9 Å². The molecule has 2 aromatic rings. The highest BCUT2D eigenvalue weighted by Crippen LogP contribution is 2.27. The molecular formula is C19H21FN2O2. The Morgan fingerprint density at radius 2 is 1.88 bits per heavy atom. The molecule has 126 valence electrons. The van der Waals surface area contributed by atoms with E-state index >= 15 is 0 Å². The average molecular weight is 328 g/mol. The number of amides is 1. The molecular weight excluding hydrogens is 307 g/mol. The number of anilines is 1. The van der Waals surface area contributed by atoms with Crippen LogP contribution in [0.1, 0.15) is 25.3 Å². The predicted octanol–water partition coefficient (Wildman–Crippen LogP) is 4.17. The van der Waals surface area contributed by atoms with Crippen molar-refractivity contribution < 1.29 is 13.9 Å². The smallest absolute Gasteiger partial charge is 0.221 e. The lowest BCUT2D eigenvalue weighted by Crippen LogP contribution is -2.18. The number of nitrogens with one attached hydrogen (secondary N) is 1. The Kier molecular flexibility index (Phi) is 5.11. The Balaban J connectivity index is 1.65. The quantitative estimate of drug-likeness (QED) is 0.895. The van der Waals surface area contributed by atoms with E-state index in [2.05, 4.69) is 10.2 Å². The van der Waals surface area contributed by atoms with E-state index in [0.29, 0.717) is 11.4 Å². The number of ether oxygens (including phenoxy) is 1. The van der Waals surface area contributed by atoms with Crippen LogP contribution in [0, 0.1) is 5.82 Å². The van der Waals surface area contributed by atoms with E-state index in [1.807, 2.05) is 6.07 Å². The number of hydrogen-bond donors (Lipinski definition) is 1. The standard InChI is InChI=1S/C19H21FN2O2/c1-14(23)21-16-5-7-17(8-6-16)24-19-9-4-15(12-18(19)20)13-22-10-2-3-11-22/h4-9,12H,2-3,10-11,13H2,1H3,(H,21,23). The molecule has 1 N–H and O–H groups in total. The van der Waals surface area contributed by atoms with Gasteiger partial charge in [-0.1, -0.05) is 6.07 Å². The number of benzene rings is 2. The normalized spacial score (nSPS) is 14.6. The molecule has 5 heteroatoms. The fraction of sp³-hybridized carbons (Fsp3) is 0.316. The van der Waals surface area contributed by atoms with Crippen LogP contribution in [0.2, 0.25) is 0 Å². The summed E-state index contributed by atoms with van der Waals surface area (Å²) in [6.45, 7) is 4.40. The van der Waals surface area contributed by atoms with Gasteiger partial charge in [0.05, 0.1) is 0 Å². The van der Waals surface area contributed by atoms with E-state index < -0.39 is 0 Å². The van der Waals surface area contributed by atoms with Gasteiger partial charge in [0.15, 0.2) is 11.6 Å². The summed E-state index contributed by atoms with van der Waals surface area (Å²) < 4.78 is 19.9. The fourth-order valence-electron chi connectivity index (χ4n) is 2.86. The minimum Gasteiger partial charge on any atom is -0.454 e. The molecule has 24 heavy (non-hydrogen) atoms. The Morgan fingerprint density at radius 3 is 2.50 bits per heavy atom. The van der Waals surface area contributed by atoms with E-state index in [1.165, 1.54) is 19.8 Å². The molecule has 1 saturated heterocycles. The van der Waals surface area contributed by atoms with Crippen molar-refractivity contribution in [3.05, 3.63) is 53.8 Å². The third-order valence-electron chi connectivity index (χ3n) is 4.00. The molecule has 0 saturated carbocycles. The Labute approximate surface area is 141 Å². The van der Waals surface area contributed by atoms with E-state index in [9.17, 15) is 9.18 Å². The van der Waals surface area contributed by atoms with Gasteiger partial charge >= 0.3 is 0 Å². The van der Waals surface area contributed by atoms with E-state index in [0.717, 1.165) is 25.2 Å². The fourth-order valence-corrected chi connectivity index (χ4v) is 2.86. The zero-order valence-electron chi connectivity index (χ0n) is 13.7. The number of nitrogens with zero attached hydrogens (tertiary/aromatic N) is 1. The summed E-state index contributed by atoms with van der Waals surface area (Å²) in [6, 6.07) is 11.9. The molecule has 4 nitrogen and oxygen atoms in total.